The monoisotopic (exact) mass is 482 g/mol. The van der Waals surface area contributed by atoms with Crippen molar-refractivity contribution in [3.05, 3.63) is 40.3 Å². The number of hydrogen-bond acceptors (Lipinski definition) is 9. The fraction of sp³-hybridized carbons (Fsp3) is 0.440. The molecule has 1 aliphatic rings. The Morgan fingerprint density at radius 1 is 1.12 bits per heavy atom. The van der Waals surface area contributed by atoms with Crippen LogP contribution in [0.15, 0.2) is 24.3 Å². The average molecular weight is 483 g/mol. The van der Waals surface area contributed by atoms with E-state index >= 15 is 0 Å². The van der Waals surface area contributed by atoms with E-state index < -0.39 is 0 Å². The summed E-state index contributed by atoms with van der Waals surface area (Å²) in [5.74, 6) is 0.462. The number of nitrogens with one attached hydrogen (secondary N) is 1. The molecule has 9 heteroatoms. The molecule has 2 aromatic heterocycles. The van der Waals surface area contributed by atoms with Gasteiger partial charge in [0.25, 0.3) is 0 Å². The van der Waals surface area contributed by atoms with Gasteiger partial charge in [0.05, 0.1) is 35.7 Å². The first-order chi connectivity index (χ1) is 16.4. The molecule has 4 rings (SSSR count). The number of ether oxygens (including phenoxy) is 2. The minimum atomic E-state index is -0.359. The van der Waals surface area contributed by atoms with Crippen molar-refractivity contribution in [2.75, 3.05) is 36.5 Å². The van der Waals surface area contributed by atoms with Crippen molar-refractivity contribution in [1.82, 2.24) is 9.97 Å². The van der Waals surface area contributed by atoms with Gasteiger partial charge in [0.2, 0.25) is 0 Å². The number of esters is 2. The first kappa shape index (κ1) is 23.9. The number of carbonyl (C=O) groups is 2. The molecular formula is C25H30N4O4S. The van der Waals surface area contributed by atoms with Crippen LogP contribution >= 0.6 is 11.3 Å². The lowest BCUT2D eigenvalue weighted by Crippen LogP contribution is -2.40. The van der Waals surface area contributed by atoms with Crippen LogP contribution in [0.2, 0.25) is 0 Å². The number of anilines is 3. The molecule has 0 unspecified atom stereocenters. The molecule has 0 aliphatic carbocycles. The van der Waals surface area contributed by atoms with Gasteiger partial charge in [0, 0.05) is 18.0 Å². The van der Waals surface area contributed by atoms with E-state index in [1.165, 1.54) is 11.3 Å². The van der Waals surface area contributed by atoms with Gasteiger partial charge in [-0.25, -0.2) is 14.8 Å². The molecule has 0 radical (unpaired) electrons. The van der Waals surface area contributed by atoms with E-state index in [9.17, 15) is 9.59 Å². The lowest BCUT2D eigenvalue weighted by molar-refractivity contribution is -0.148. The summed E-state index contributed by atoms with van der Waals surface area (Å²) in [5, 5.41) is 4.07. The average Bonchev–Trinajstić information content (AvgIpc) is 3.11. The molecule has 1 atom stereocenters. The molecule has 0 saturated carbocycles. The minimum Gasteiger partial charge on any atom is -0.466 e. The largest absolute Gasteiger partial charge is 0.466 e. The highest BCUT2D eigenvalue weighted by Gasteiger charge is 2.30. The van der Waals surface area contributed by atoms with Crippen molar-refractivity contribution >= 4 is 50.9 Å². The Morgan fingerprint density at radius 3 is 2.53 bits per heavy atom. The van der Waals surface area contributed by atoms with Crippen molar-refractivity contribution in [1.29, 1.82) is 0 Å². The molecule has 8 nitrogen and oxygen atoms in total. The zero-order chi connectivity index (χ0) is 24.2. The molecule has 1 N–H and O–H groups in total. The quantitative estimate of drug-likeness (QED) is 0.470. The number of piperidine rings is 1. The fourth-order valence-electron chi connectivity index (χ4n) is 4.19. The van der Waals surface area contributed by atoms with Crippen LogP contribution in [-0.4, -0.2) is 48.2 Å². The third-order valence-corrected chi connectivity index (χ3v) is 7.11. The molecule has 3 heterocycles. The van der Waals surface area contributed by atoms with Gasteiger partial charge in [-0.05, 0) is 58.2 Å². The molecule has 3 aromatic rings. The van der Waals surface area contributed by atoms with Gasteiger partial charge in [-0.2, -0.15) is 0 Å². The summed E-state index contributed by atoms with van der Waals surface area (Å²) in [5.41, 5.74) is 2.93. The van der Waals surface area contributed by atoms with Crippen molar-refractivity contribution in [3.8, 4) is 0 Å². The summed E-state index contributed by atoms with van der Waals surface area (Å²) >= 11 is 1.49. The number of aromatic nitrogens is 2. The Bertz CT molecular complexity index is 1210. The second-order valence-electron chi connectivity index (χ2n) is 8.25. The molecule has 1 saturated heterocycles. The number of benzene rings is 1. The number of thiophene rings is 1. The summed E-state index contributed by atoms with van der Waals surface area (Å²) in [7, 11) is 0. The third kappa shape index (κ3) is 4.84. The Kier molecular flexibility index (Phi) is 7.31. The van der Waals surface area contributed by atoms with Gasteiger partial charge in [-0.1, -0.05) is 12.1 Å². The molecule has 1 aromatic carbocycles. The number of hydrogen-bond donors (Lipinski definition) is 1. The number of para-hydroxylation sites is 2. The van der Waals surface area contributed by atoms with Gasteiger partial charge in [-0.3, -0.25) is 4.79 Å². The Morgan fingerprint density at radius 2 is 1.82 bits per heavy atom. The molecule has 0 bridgehead atoms. The van der Waals surface area contributed by atoms with E-state index in [0.717, 1.165) is 40.9 Å². The normalized spacial score (nSPS) is 15.9. The fourth-order valence-corrected chi connectivity index (χ4v) is 5.24. The molecule has 180 valence electrons. The lowest BCUT2D eigenvalue weighted by Gasteiger charge is -2.33. The van der Waals surface area contributed by atoms with E-state index in [-0.39, 0.29) is 17.9 Å². The van der Waals surface area contributed by atoms with Crippen LogP contribution in [0.4, 0.5) is 16.6 Å². The number of fused-ring (bicyclic) bond motifs is 1. The maximum atomic E-state index is 12.7. The molecule has 1 aliphatic heterocycles. The van der Waals surface area contributed by atoms with Crippen LogP contribution in [-0.2, 0) is 14.3 Å². The van der Waals surface area contributed by atoms with Crippen LogP contribution in [0.5, 0.6) is 0 Å². The standard InChI is InChI=1S/C25H30N4O4S/c1-5-32-24(30)17-10-9-13-29(14-17)22-21(26-18-11-7-8-12-19(18)27-22)28-23-20(25(31)33-6-2)15(3)16(4)34-23/h7-8,11-12,17H,5-6,9-10,13-14H2,1-4H3,(H,26,28)/t17-/m1/s1. The maximum Gasteiger partial charge on any atom is 0.341 e. The van der Waals surface area contributed by atoms with Gasteiger partial charge in [-0.15, -0.1) is 11.3 Å². The van der Waals surface area contributed by atoms with Crippen LogP contribution in [0.1, 0.15) is 47.5 Å². The van der Waals surface area contributed by atoms with Crippen molar-refractivity contribution < 1.29 is 19.1 Å². The minimum absolute atomic E-state index is 0.176. The zero-order valence-corrected chi connectivity index (χ0v) is 20.8. The third-order valence-electron chi connectivity index (χ3n) is 5.99. The molecule has 34 heavy (non-hydrogen) atoms. The summed E-state index contributed by atoms with van der Waals surface area (Å²) in [4.78, 5) is 38.0. The number of aryl methyl sites for hydroxylation is 1. The van der Waals surface area contributed by atoms with E-state index in [1.807, 2.05) is 45.0 Å². The van der Waals surface area contributed by atoms with Crippen LogP contribution < -0.4 is 10.2 Å². The Labute approximate surface area is 203 Å². The van der Waals surface area contributed by atoms with Crippen molar-refractivity contribution in [2.24, 2.45) is 5.92 Å². The second kappa shape index (κ2) is 10.4. The maximum absolute atomic E-state index is 12.7. The van der Waals surface area contributed by atoms with E-state index in [4.69, 9.17) is 19.4 Å². The topological polar surface area (TPSA) is 93.6 Å². The molecule has 0 spiro atoms. The van der Waals surface area contributed by atoms with Gasteiger partial charge < -0.3 is 19.7 Å². The summed E-state index contributed by atoms with van der Waals surface area (Å²) < 4.78 is 10.6. The van der Waals surface area contributed by atoms with Crippen LogP contribution in [0, 0.1) is 19.8 Å². The van der Waals surface area contributed by atoms with E-state index in [0.29, 0.717) is 42.0 Å². The second-order valence-corrected chi connectivity index (χ2v) is 9.48. The zero-order valence-electron chi connectivity index (χ0n) is 20.0. The molecular weight excluding hydrogens is 452 g/mol. The molecule has 0 amide bonds. The first-order valence-corrected chi connectivity index (χ1v) is 12.5. The van der Waals surface area contributed by atoms with Crippen molar-refractivity contribution in [2.45, 2.75) is 40.5 Å². The highest BCUT2D eigenvalue weighted by atomic mass is 32.1. The van der Waals surface area contributed by atoms with E-state index in [1.54, 1.807) is 6.92 Å². The Balaban J connectivity index is 1.75. The van der Waals surface area contributed by atoms with Crippen LogP contribution in [0.25, 0.3) is 11.0 Å². The summed E-state index contributed by atoms with van der Waals surface area (Å²) in [6.45, 7) is 9.45. The Hall–Kier alpha value is -3.20. The number of carbonyl (C=O) groups excluding carboxylic acids is 2. The van der Waals surface area contributed by atoms with E-state index in [2.05, 4.69) is 10.2 Å². The van der Waals surface area contributed by atoms with Gasteiger partial charge >= 0.3 is 11.9 Å². The molecule has 1 fully saturated rings. The predicted molar refractivity (Wildman–Crippen MR) is 134 cm³/mol. The highest BCUT2D eigenvalue weighted by molar-refractivity contribution is 7.16. The highest BCUT2D eigenvalue weighted by Crippen LogP contribution is 2.38. The summed E-state index contributed by atoms with van der Waals surface area (Å²) in [6.07, 6.45) is 1.64. The lowest BCUT2D eigenvalue weighted by atomic mass is 9.98. The predicted octanol–water partition coefficient (Wildman–Crippen LogP) is 5.01. The first-order valence-electron chi connectivity index (χ1n) is 11.6. The smallest absolute Gasteiger partial charge is 0.341 e. The summed E-state index contributed by atoms with van der Waals surface area (Å²) in [6, 6.07) is 7.68. The number of nitrogens with zero attached hydrogens (tertiary/aromatic N) is 3. The van der Waals surface area contributed by atoms with Crippen LogP contribution in [0.3, 0.4) is 0 Å². The SMILES string of the molecule is CCOC(=O)c1c(Nc2nc3ccccc3nc2N2CCC[C@@H](C(=O)OCC)C2)sc(C)c1C. The van der Waals surface area contributed by atoms with Gasteiger partial charge in [0.15, 0.2) is 11.6 Å². The van der Waals surface area contributed by atoms with Crippen molar-refractivity contribution in [3.63, 3.8) is 0 Å². The number of rotatable bonds is 7. The van der Waals surface area contributed by atoms with Gasteiger partial charge in [0.1, 0.15) is 5.00 Å².